The lowest BCUT2D eigenvalue weighted by Crippen LogP contribution is -2.43. The third-order valence-electron chi connectivity index (χ3n) is 4.18. The Morgan fingerprint density at radius 3 is 2.11 bits per heavy atom. The fourth-order valence-corrected chi connectivity index (χ4v) is 3.01. The van der Waals surface area contributed by atoms with Gasteiger partial charge < -0.3 is 10.2 Å². The predicted octanol–water partition coefficient (Wildman–Crippen LogP) is 3.77. The smallest absolute Gasteiger partial charge is 0.00475 e. The summed E-state index contributed by atoms with van der Waals surface area (Å²) in [5, 5.41) is 3.38. The molecule has 0 aromatic rings. The number of hydrogen-bond donors (Lipinski definition) is 1. The lowest BCUT2D eigenvalue weighted by molar-refractivity contribution is 0.137. The molecule has 0 saturated carbocycles. The zero-order chi connectivity index (χ0) is 14.0. The van der Waals surface area contributed by atoms with Gasteiger partial charge in [-0.2, -0.15) is 0 Å². The Labute approximate surface area is 116 Å². The summed E-state index contributed by atoms with van der Waals surface area (Å²) in [6.07, 6.45) is 5.21. The van der Waals surface area contributed by atoms with Crippen LogP contribution in [0.2, 0.25) is 0 Å². The normalized spacial score (nSPS) is 15.3. The SMILES string of the molecule is CCCC(C)(CNC)CN(CC)CC(CC)CC. The Balaban J connectivity index is 4.45. The molecule has 0 aliphatic heterocycles. The summed E-state index contributed by atoms with van der Waals surface area (Å²) in [5.74, 6) is 0.866. The van der Waals surface area contributed by atoms with Crippen LogP contribution in [0.3, 0.4) is 0 Å². The lowest BCUT2D eigenvalue weighted by Gasteiger charge is -2.36. The maximum Gasteiger partial charge on any atom is 0.00475 e. The standard InChI is InChI=1S/C16H36N2/c1-7-11-16(5,13-17-6)14-18(10-4)12-15(8-2)9-3/h15,17H,7-14H2,1-6H3. The molecule has 1 atom stereocenters. The van der Waals surface area contributed by atoms with E-state index in [1.165, 1.54) is 45.3 Å². The molecule has 0 saturated heterocycles. The van der Waals surface area contributed by atoms with E-state index in [1.807, 2.05) is 0 Å². The molecule has 0 aromatic carbocycles. The first kappa shape index (κ1) is 17.9. The van der Waals surface area contributed by atoms with Gasteiger partial charge >= 0.3 is 0 Å². The largest absolute Gasteiger partial charge is 0.319 e. The van der Waals surface area contributed by atoms with Gasteiger partial charge in [-0.15, -0.1) is 0 Å². The van der Waals surface area contributed by atoms with Gasteiger partial charge in [0.15, 0.2) is 0 Å². The maximum absolute atomic E-state index is 3.38. The van der Waals surface area contributed by atoms with Gasteiger partial charge in [-0.05, 0) is 31.3 Å². The zero-order valence-corrected chi connectivity index (χ0v) is 13.7. The van der Waals surface area contributed by atoms with Crippen LogP contribution in [0.1, 0.15) is 60.3 Å². The summed E-state index contributed by atoms with van der Waals surface area (Å²) < 4.78 is 0. The molecule has 0 amide bonds. The van der Waals surface area contributed by atoms with Crippen LogP contribution in [0.4, 0.5) is 0 Å². The van der Waals surface area contributed by atoms with E-state index in [9.17, 15) is 0 Å². The molecule has 110 valence electrons. The van der Waals surface area contributed by atoms with Gasteiger partial charge in [-0.3, -0.25) is 0 Å². The quantitative estimate of drug-likeness (QED) is 0.605. The second-order valence-electron chi connectivity index (χ2n) is 6.10. The van der Waals surface area contributed by atoms with Crippen molar-refractivity contribution in [3.8, 4) is 0 Å². The van der Waals surface area contributed by atoms with Crippen LogP contribution in [0.15, 0.2) is 0 Å². The van der Waals surface area contributed by atoms with Crippen molar-refractivity contribution in [2.45, 2.75) is 60.3 Å². The van der Waals surface area contributed by atoms with E-state index in [1.54, 1.807) is 0 Å². The van der Waals surface area contributed by atoms with Crippen molar-refractivity contribution in [2.24, 2.45) is 11.3 Å². The molecule has 0 spiro atoms. The van der Waals surface area contributed by atoms with E-state index in [4.69, 9.17) is 0 Å². The molecule has 1 unspecified atom stereocenters. The molecule has 0 aliphatic rings. The summed E-state index contributed by atoms with van der Waals surface area (Å²) in [7, 11) is 2.07. The van der Waals surface area contributed by atoms with Crippen LogP contribution in [0.25, 0.3) is 0 Å². The van der Waals surface area contributed by atoms with Gasteiger partial charge in [-0.25, -0.2) is 0 Å². The maximum atomic E-state index is 3.38. The van der Waals surface area contributed by atoms with Crippen LogP contribution in [0.5, 0.6) is 0 Å². The van der Waals surface area contributed by atoms with Gasteiger partial charge in [0.2, 0.25) is 0 Å². The fourth-order valence-electron chi connectivity index (χ4n) is 3.01. The average Bonchev–Trinajstić information content (AvgIpc) is 2.35. The van der Waals surface area contributed by atoms with Crippen molar-refractivity contribution in [1.82, 2.24) is 10.2 Å². The molecular formula is C16H36N2. The number of nitrogens with zero attached hydrogens (tertiary/aromatic N) is 1. The first-order chi connectivity index (χ1) is 8.55. The van der Waals surface area contributed by atoms with Crippen molar-refractivity contribution >= 4 is 0 Å². The Bertz CT molecular complexity index is 182. The van der Waals surface area contributed by atoms with Gasteiger partial charge in [0.25, 0.3) is 0 Å². The zero-order valence-electron chi connectivity index (χ0n) is 13.7. The average molecular weight is 256 g/mol. The Hall–Kier alpha value is -0.0800. The Kier molecular flexibility index (Phi) is 9.76. The van der Waals surface area contributed by atoms with Crippen LogP contribution in [-0.2, 0) is 0 Å². The molecule has 2 heteroatoms. The second kappa shape index (κ2) is 9.80. The highest BCUT2D eigenvalue weighted by Crippen LogP contribution is 2.24. The third kappa shape index (κ3) is 6.75. The highest BCUT2D eigenvalue weighted by Gasteiger charge is 2.25. The topological polar surface area (TPSA) is 15.3 Å². The first-order valence-corrected chi connectivity index (χ1v) is 7.92. The number of rotatable bonds is 11. The van der Waals surface area contributed by atoms with Gasteiger partial charge in [0, 0.05) is 19.6 Å². The number of nitrogens with one attached hydrogen (secondary N) is 1. The van der Waals surface area contributed by atoms with Crippen molar-refractivity contribution in [1.29, 1.82) is 0 Å². The van der Waals surface area contributed by atoms with Crippen LogP contribution < -0.4 is 5.32 Å². The highest BCUT2D eigenvalue weighted by molar-refractivity contribution is 4.80. The minimum atomic E-state index is 0.422. The third-order valence-corrected chi connectivity index (χ3v) is 4.18. The molecule has 0 fully saturated rings. The molecule has 0 aromatic heterocycles. The molecule has 18 heavy (non-hydrogen) atoms. The van der Waals surface area contributed by atoms with Crippen LogP contribution in [0, 0.1) is 11.3 Å². The van der Waals surface area contributed by atoms with E-state index in [-0.39, 0.29) is 0 Å². The monoisotopic (exact) mass is 256 g/mol. The summed E-state index contributed by atoms with van der Waals surface area (Å²) in [6.45, 7) is 16.5. The summed E-state index contributed by atoms with van der Waals surface area (Å²) in [4.78, 5) is 2.66. The predicted molar refractivity (Wildman–Crippen MR) is 83.1 cm³/mol. The minimum Gasteiger partial charge on any atom is -0.319 e. The molecule has 2 nitrogen and oxygen atoms in total. The van der Waals surface area contributed by atoms with E-state index >= 15 is 0 Å². The summed E-state index contributed by atoms with van der Waals surface area (Å²) in [5.41, 5.74) is 0.422. The van der Waals surface area contributed by atoms with Crippen molar-refractivity contribution in [3.63, 3.8) is 0 Å². The van der Waals surface area contributed by atoms with E-state index < -0.39 is 0 Å². The molecule has 0 heterocycles. The van der Waals surface area contributed by atoms with Gasteiger partial charge in [0.05, 0.1) is 0 Å². The van der Waals surface area contributed by atoms with E-state index in [0.717, 1.165) is 12.5 Å². The van der Waals surface area contributed by atoms with Gasteiger partial charge in [0.1, 0.15) is 0 Å². The molecule has 0 aliphatic carbocycles. The van der Waals surface area contributed by atoms with E-state index in [2.05, 4.69) is 51.9 Å². The molecular weight excluding hydrogens is 220 g/mol. The minimum absolute atomic E-state index is 0.422. The highest BCUT2D eigenvalue weighted by atomic mass is 15.1. The fraction of sp³-hybridized carbons (Fsp3) is 1.00. The van der Waals surface area contributed by atoms with Crippen molar-refractivity contribution in [3.05, 3.63) is 0 Å². The van der Waals surface area contributed by atoms with Gasteiger partial charge in [-0.1, -0.05) is 53.9 Å². The first-order valence-electron chi connectivity index (χ1n) is 7.92. The van der Waals surface area contributed by atoms with Crippen molar-refractivity contribution in [2.75, 3.05) is 33.2 Å². The van der Waals surface area contributed by atoms with Crippen LogP contribution >= 0.6 is 0 Å². The van der Waals surface area contributed by atoms with Crippen molar-refractivity contribution < 1.29 is 0 Å². The lowest BCUT2D eigenvalue weighted by atomic mass is 9.84. The second-order valence-corrected chi connectivity index (χ2v) is 6.10. The molecule has 1 N–H and O–H groups in total. The summed E-state index contributed by atoms with van der Waals surface area (Å²) >= 11 is 0. The molecule has 0 bridgehead atoms. The Morgan fingerprint density at radius 1 is 1.11 bits per heavy atom. The summed E-state index contributed by atoms with van der Waals surface area (Å²) in [6, 6.07) is 0. The number of hydrogen-bond acceptors (Lipinski definition) is 2. The van der Waals surface area contributed by atoms with E-state index in [0.29, 0.717) is 5.41 Å². The molecule has 0 radical (unpaired) electrons. The van der Waals surface area contributed by atoms with Crippen LogP contribution in [-0.4, -0.2) is 38.1 Å². The molecule has 0 rings (SSSR count). The Morgan fingerprint density at radius 2 is 1.72 bits per heavy atom.